The summed E-state index contributed by atoms with van der Waals surface area (Å²) < 4.78 is 4.92. The molecule has 7 heteroatoms. The molecule has 0 aliphatic rings. The van der Waals surface area contributed by atoms with Crippen molar-refractivity contribution in [2.75, 3.05) is 0 Å². The quantitative estimate of drug-likeness (QED) is 0.365. The molecular weight excluding hydrogens is 269 g/mol. The minimum absolute atomic E-state index is 0.0226. The van der Waals surface area contributed by atoms with E-state index < -0.39 is 10.9 Å². The Labute approximate surface area is 107 Å². The number of carbonyl (C=O) groups is 1. The maximum atomic E-state index is 11.2. The summed E-state index contributed by atoms with van der Waals surface area (Å²) >= 11 is 11.4. The van der Waals surface area contributed by atoms with Crippen LogP contribution in [0, 0.1) is 10.1 Å². The molecule has 0 bridgehead atoms. The molecule has 0 saturated heterocycles. The fraction of sp³-hybridized carbons (Fsp3) is 0.300. The monoisotopic (exact) mass is 277 g/mol. The van der Waals surface area contributed by atoms with Crippen molar-refractivity contribution in [2.45, 2.75) is 19.8 Å². The number of hydrogen-bond donors (Lipinski definition) is 0. The Morgan fingerprint density at radius 3 is 2.59 bits per heavy atom. The summed E-state index contributed by atoms with van der Waals surface area (Å²) in [5.41, 5.74) is -0.327. The summed E-state index contributed by atoms with van der Waals surface area (Å²) in [4.78, 5) is 21.1. The van der Waals surface area contributed by atoms with Crippen LogP contribution in [0.4, 0.5) is 5.69 Å². The number of esters is 1. The lowest BCUT2D eigenvalue weighted by molar-refractivity contribution is -0.384. The predicted octanol–water partition coefficient (Wildman–Crippen LogP) is 3.61. The van der Waals surface area contributed by atoms with E-state index in [1.54, 1.807) is 0 Å². The molecule has 0 N–H and O–H groups in total. The summed E-state index contributed by atoms with van der Waals surface area (Å²) in [5, 5.41) is 10.4. The molecule has 1 aromatic rings. The van der Waals surface area contributed by atoms with Crippen LogP contribution in [0.25, 0.3) is 0 Å². The summed E-state index contributed by atoms with van der Waals surface area (Å²) in [6, 6.07) is 2.22. The fourth-order valence-electron chi connectivity index (χ4n) is 1.11. The first-order valence-electron chi connectivity index (χ1n) is 4.79. The lowest BCUT2D eigenvalue weighted by atomic mass is 10.3. The van der Waals surface area contributed by atoms with E-state index in [9.17, 15) is 14.9 Å². The van der Waals surface area contributed by atoms with Gasteiger partial charge in [0.2, 0.25) is 0 Å². The predicted molar refractivity (Wildman–Crippen MR) is 63.7 cm³/mol. The van der Waals surface area contributed by atoms with Gasteiger partial charge in [0, 0.05) is 18.6 Å². The molecule has 92 valence electrons. The van der Waals surface area contributed by atoms with Crippen LogP contribution >= 0.6 is 23.2 Å². The highest BCUT2D eigenvalue weighted by Gasteiger charge is 2.18. The van der Waals surface area contributed by atoms with Crippen LogP contribution in [-0.2, 0) is 4.79 Å². The number of hydrogen-bond acceptors (Lipinski definition) is 4. The van der Waals surface area contributed by atoms with Crippen LogP contribution in [0.2, 0.25) is 10.0 Å². The van der Waals surface area contributed by atoms with Crippen LogP contribution in [0.5, 0.6) is 5.75 Å². The Bertz CT molecular complexity index is 462. The van der Waals surface area contributed by atoms with E-state index in [1.807, 2.05) is 6.92 Å². The van der Waals surface area contributed by atoms with Gasteiger partial charge in [-0.15, -0.1) is 0 Å². The van der Waals surface area contributed by atoms with Gasteiger partial charge in [-0.2, -0.15) is 0 Å². The van der Waals surface area contributed by atoms with Gasteiger partial charge in [0.15, 0.2) is 5.75 Å². The normalized spacial score (nSPS) is 10.1. The molecule has 17 heavy (non-hydrogen) atoms. The molecule has 1 aromatic carbocycles. The number of halogens is 2. The van der Waals surface area contributed by atoms with Gasteiger partial charge in [-0.25, -0.2) is 0 Å². The van der Waals surface area contributed by atoms with E-state index in [1.165, 1.54) is 0 Å². The molecule has 0 radical (unpaired) electrons. The van der Waals surface area contributed by atoms with Gasteiger partial charge < -0.3 is 4.74 Å². The van der Waals surface area contributed by atoms with Crippen molar-refractivity contribution >= 4 is 34.9 Å². The highest BCUT2D eigenvalue weighted by molar-refractivity contribution is 6.35. The third-order valence-electron chi connectivity index (χ3n) is 1.88. The molecule has 0 atom stereocenters. The van der Waals surface area contributed by atoms with E-state index in [2.05, 4.69) is 0 Å². The zero-order valence-electron chi connectivity index (χ0n) is 8.91. The Hall–Kier alpha value is -1.33. The van der Waals surface area contributed by atoms with Crippen molar-refractivity contribution in [3.63, 3.8) is 0 Å². The van der Waals surface area contributed by atoms with E-state index >= 15 is 0 Å². The second kappa shape index (κ2) is 5.84. The zero-order chi connectivity index (χ0) is 13.0. The van der Waals surface area contributed by atoms with Crippen LogP contribution in [0.3, 0.4) is 0 Å². The summed E-state index contributed by atoms with van der Waals surface area (Å²) in [7, 11) is 0. The Balaban J connectivity index is 2.99. The lowest BCUT2D eigenvalue weighted by Crippen LogP contribution is -2.07. The number of nitrogens with zero attached hydrogens (tertiary/aromatic N) is 1. The average molecular weight is 278 g/mol. The molecule has 0 amide bonds. The average Bonchev–Trinajstić information content (AvgIpc) is 2.22. The number of nitro groups is 1. The molecule has 0 aliphatic heterocycles. The first-order chi connectivity index (χ1) is 7.95. The second-order valence-corrected chi connectivity index (χ2v) is 4.03. The van der Waals surface area contributed by atoms with Gasteiger partial charge in [0.1, 0.15) is 5.02 Å². The smallest absolute Gasteiger partial charge is 0.311 e. The van der Waals surface area contributed by atoms with E-state index in [4.69, 9.17) is 27.9 Å². The van der Waals surface area contributed by atoms with Crippen LogP contribution in [-0.4, -0.2) is 10.9 Å². The fourth-order valence-corrected chi connectivity index (χ4v) is 1.53. The van der Waals surface area contributed by atoms with Crippen molar-refractivity contribution in [3.05, 3.63) is 32.3 Å². The molecule has 5 nitrogen and oxygen atoms in total. The number of rotatable bonds is 4. The maximum Gasteiger partial charge on any atom is 0.311 e. The van der Waals surface area contributed by atoms with Crippen molar-refractivity contribution in [1.82, 2.24) is 0 Å². The van der Waals surface area contributed by atoms with E-state index in [0.717, 1.165) is 12.1 Å². The molecule has 0 aromatic heterocycles. The molecule has 0 aliphatic carbocycles. The van der Waals surface area contributed by atoms with Gasteiger partial charge in [-0.3, -0.25) is 14.9 Å². The standard InChI is InChI=1S/C10H9Cl2NO4/c1-2-3-10(14)17-9-5-6(11)8(13(15)16)4-7(9)12/h4-5H,2-3H2,1H3. The Kier molecular flexibility index (Phi) is 4.72. The molecule has 0 spiro atoms. The third-order valence-corrected chi connectivity index (χ3v) is 2.47. The molecule has 0 heterocycles. The van der Waals surface area contributed by atoms with Crippen molar-refractivity contribution in [1.29, 1.82) is 0 Å². The first-order valence-corrected chi connectivity index (χ1v) is 5.55. The van der Waals surface area contributed by atoms with E-state index in [-0.39, 0.29) is 27.9 Å². The van der Waals surface area contributed by atoms with Crippen LogP contribution in [0.15, 0.2) is 12.1 Å². The van der Waals surface area contributed by atoms with E-state index in [0.29, 0.717) is 6.42 Å². The maximum absolute atomic E-state index is 11.2. The topological polar surface area (TPSA) is 69.4 Å². The van der Waals surface area contributed by atoms with Gasteiger partial charge >= 0.3 is 5.97 Å². The van der Waals surface area contributed by atoms with Gasteiger partial charge in [0.05, 0.1) is 9.95 Å². The van der Waals surface area contributed by atoms with Crippen molar-refractivity contribution in [3.8, 4) is 5.75 Å². The van der Waals surface area contributed by atoms with Crippen LogP contribution < -0.4 is 4.74 Å². The lowest BCUT2D eigenvalue weighted by Gasteiger charge is -2.06. The SMILES string of the molecule is CCCC(=O)Oc1cc(Cl)c([N+](=O)[O-])cc1Cl. The zero-order valence-corrected chi connectivity index (χ0v) is 10.4. The number of ether oxygens (including phenoxy) is 1. The molecule has 0 fully saturated rings. The van der Waals surface area contributed by atoms with Crippen molar-refractivity contribution < 1.29 is 14.5 Å². The van der Waals surface area contributed by atoms with Gasteiger partial charge in [-0.1, -0.05) is 30.1 Å². The summed E-state index contributed by atoms with van der Waals surface area (Å²) in [5.74, 6) is -0.431. The summed E-state index contributed by atoms with van der Waals surface area (Å²) in [6.45, 7) is 1.83. The Morgan fingerprint density at radius 1 is 1.41 bits per heavy atom. The number of carbonyl (C=O) groups excluding carboxylic acids is 1. The third kappa shape index (κ3) is 3.57. The molecule has 0 unspecified atom stereocenters. The highest BCUT2D eigenvalue weighted by atomic mass is 35.5. The minimum atomic E-state index is -0.661. The largest absolute Gasteiger partial charge is 0.425 e. The second-order valence-electron chi connectivity index (χ2n) is 3.22. The number of nitro benzene ring substituents is 1. The first kappa shape index (κ1) is 13.7. The summed E-state index contributed by atoms with van der Waals surface area (Å²) in [6.07, 6.45) is 0.877. The van der Waals surface area contributed by atoms with Crippen molar-refractivity contribution in [2.24, 2.45) is 0 Å². The molecular formula is C10H9Cl2NO4. The Morgan fingerprint density at radius 2 is 2.06 bits per heavy atom. The van der Waals surface area contributed by atoms with Crippen LogP contribution in [0.1, 0.15) is 19.8 Å². The van der Waals surface area contributed by atoms with Gasteiger partial charge in [0.25, 0.3) is 5.69 Å². The molecule has 1 rings (SSSR count). The highest BCUT2D eigenvalue weighted by Crippen LogP contribution is 2.35. The number of benzene rings is 1. The molecule has 0 saturated carbocycles. The minimum Gasteiger partial charge on any atom is -0.425 e. The van der Waals surface area contributed by atoms with Gasteiger partial charge in [-0.05, 0) is 6.42 Å².